The highest BCUT2D eigenvalue weighted by atomic mass is 16.5. The smallest absolute Gasteiger partial charge is 0.335 e. The summed E-state index contributed by atoms with van der Waals surface area (Å²) in [6.07, 6.45) is 2.57. The predicted octanol–water partition coefficient (Wildman–Crippen LogP) is 2.05. The molecule has 1 N–H and O–H groups in total. The molecule has 0 atom stereocenters. The summed E-state index contributed by atoms with van der Waals surface area (Å²) in [5, 5.41) is 8.71. The predicted molar refractivity (Wildman–Crippen MR) is 62.9 cm³/mol. The first-order valence-electron chi connectivity index (χ1n) is 5.25. The van der Waals surface area contributed by atoms with Crippen molar-refractivity contribution >= 4 is 11.9 Å². The molecule has 4 heteroatoms. The summed E-state index contributed by atoms with van der Waals surface area (Å²) in [6, 6.07) is 6.65. The number of esters is 1. The van der Waals surface area contributed by atoms with E-state index in [2.05, 4.69) is 6.58 Å². The molecule has 0 aromatic heterocycles. The number of carboxylic acid groups (broad SMARTS) is 1. The molecule has 0 saturated heterocycles. The largest absolute Gasteiger partial charge is 0.478 e. The van der Waals surface area contributed by atoms with Gasteiger partial charge in [0, 0.05) is 6.08 Å². The Morgan fingerprint density at radius 3 is 2.47 bits per heavy atom. The van der Waals surface area contributed by atoms with E-state index in [9.17, 15) is 9.59 Å². The fourth-order valence-electron chi connectivity index (χ4n) is 1.32. The molecule has 0 unspecified atom stereocenters. The minimum Gasteiger partial charge on any atom is -0.478 e. The van der Waals surface area contributed by atoms with Gasteiger partial charge in [0.15, 0.2) is 0 Å². The molecule has 0 aliphatic heterocycles. The fourth-order valence-corrected chi connectivity index (χ4v) is 1.32. The van der Waals surface area contributed by atoms with Gasteiger partial charge in [0.2, 0.25) is 0 Å². The van der Waals surface area contributed by atoms with Crippen LogP contribution in [0.1, 0.15) is 22.3 Å². The third kappa shape index (κ3) is 4.51. The quantitative estimate of drug-likeness (QED) is 0.465. The van der Waals surface area contributed by atoms with E-state index in [-0.39, 0.29) is 5.56 Å². The van der Waals surface area contributed by atoms with E-state index >= 15 is 0 Å². The van der Waals surface area contributed by atoms with Crippen molar-refractivity contribution in [3.05, 3.63) is 48.0 Å². The molecule has 17 heavy (non-hydrogen) atoms. The Bertz CT molecular complexity index is 406. The summed E-state index contributed by atoms with van der Waals surface area (Å²) >= 11 is 0. The molecule has 90 valence electrons. The molecule has 0 saturated carbocycles. The maximum absolute atomic E-state index is 10.7. The number of carbonyl (C=O) groups is 2. The van der Waals surface area contributed by atoms with Gasteiger partial charge in [-0.2, -0.15) is 0 Å². The Balaban J connectivity index is 2.35. The van der Waals surface area contributed by atoms with Gasteiger partial charge >= 0.3 is 11.9 Å². The Morgan fingerprint density at radius 2 is 1.94 bits per heavy atom. The topological polar surface area (TPSA) is 63.6 Å². The molecule has 0 amide bonds. The van der Waals surface area contributed by atoms with Crippen LogP contribution in [0.4, 0.5) is 0 Å². The normalized spacial score (nSPS) is 9.65. The summed E-state index contributed by atoms with van der Waals surface area (Å²) in [7, 11) is 0. The fraction of sp³-hybridized carbons (Fsp3) is 0.231. The highest BCUT2D eigenvalue weighted by Crippen LogP contribution is 2.07. The van der Waals surface area contributed by atoms with Crippen molar-refractivity contribution in [3.8, 4) is 0 Å². The van der Waals surface area contributed by atoms with Crippen molar-refractivity contribution < 1.29 is 19.4 Å². The van der Waals surface area contributed by atoms with E-state index in [0.29, 0.717) is 13.0 Å². The summed E-state index contributed by atoms with van der Waals surface area (Å²) in [5.41, 5.74) is 1.29. The number of hydrogen-bond acceptors (Lipinski definition) is 3. The summed E-state index contributed by atoms with van der Waals surface area (Å²) < 4.78 is 4.82. The van der Waals surface area contributed by atoms with Crippen LogP contribution < -0.4 is 0 Å². The average molecular weight is 234 g/mol. The number of ether oxygens (including phenoxy) is 1. The zero-order chi connectivity index (χ0) is 12.7. The Labute approximate surface area is 99.5 Å². The van der Waals surface area contributed by atoms with Crippen LogP contribution in [0.2, 0.25) is 0 Å². The van der Waals surface area contributed by atoms with Crippen LogP contribution in [0.5, 0.6) is 0 Å². The first-order valence-corrected chi connectivity index (χ1v) is 5.25. The maximum atomic E-state index is 10.7. The third-order valence-electron chi connectivity index (χ3n) is 2.22. The summed E-state index contributed by atoms with van der Waals surface area (Å²) in [6.45, 7) is 3.63. The Kier molecular flexibility index (Phi) is 4.94. The molecule has 0 heterocycles. The SMILES string of the molecule is C=CC(=O)OCCCc1ccc(C(=O)O)cc1. The molecule has 0 fully saturated rings. The van der Waals surface area contributed by atoms with E-state index in [4.69, 9.17) is 9.84 Å². The molecule has 4 nitrogen and oxygen atoms in total. The minimum absolute atomic E-state index is 0.270. The molecule has 0 aliphatic carbocycles. The van der Waals surface area contributed by atoms with Crippen LogP contribution in [0.3, 0.4) is 0 Å². The monoisotopic (exact) mass is 234 g/mol. The van der Waals surface area contributed by atoms with Gasteiger partial charge in [0.25, 0.3) is 0 Å². The van der Waals surface area contributed by atoms with Crippen LogP contribution in [-0.4, -0.2) is 23.7 Å². The van der Waals surface area contributed by atoms with E-state index in [1.165, 1.54) is 0 Å². The zero-order valence-corrected chi connectivity index (χ0v) is 9.39. The molecule has 0 bridgehead atoms. The van der Waals surface area contributed by atoms with Gasteiger partial charge in [-0.1, -0.05) is 18.7 Å². The third-order valence-corrected chi connectivity index (χ3v) is 2.22. The van der Waals surface area contributed by atoms with Crippen LogP contribution >= 0.6 is 0 Å². The van der Waals surface area contributed by atoms with Crippen molar-refractivity contribution in [1.29, 1.82) is 0 Å². The Morgan fingerprint density at radius 1 is 1.29 bits per heavy atom. The van der Waals surface area contributed by atoms with Gasteiger partial charge in [-0.3, -0.25) is 0 Å². The molecule has 1 aromatic rings. The van der Waals surface area contributed by atoms with Crippen LogP contribution in [0.15, 0.2) is 36.9 Å². The van der Waals surface area contributed by atoms with Gasteiger partial charge < -0.3 is 9.84 Å². The van der Waals surface area contributed by atoms with Crippen molar-refractivity contribution in [3.63, 3.8) is 0 Å². The van der Waals surface area contributed by atoms with Gasteiger partial charge in [-0.25, -0.2) is 9.59 Å². The summed E-state index contributed by atoms with van der Waals surface area (Å²) in [5.74, 6) is -1.36. The number of benzene rings is 1. The van der Waals surface area contributed by atoms with Crippen LogP contribution in [0.25, 0.3) is 0 Å². The molecule has 1 aromatic carbocycles. The van der Waals surface area contributed by atoms with Crippen molar-refractivity contribution in [2.24, 2.45) is 0 Å². The van der Waals surface area contributed by atoms with Gasteiger partial charge in [-0.15, -0.1) is 0 Å². The number of aromatic carboxylic acids is 1. The highest BCUT2D eigenvalue weighted by Gasteiger charge is 2.02. The van der Waals surface area contributed by atoms with Crippen molar-refractivity contribution in [2.45, 2.75) is 12.8 Å². The molecular weight excluding hydrogens is 220 g/mol. The second kappa shape index (κ2) is 6.48. The molecule has 0 radical (unpaired) electrons. The first-order chi connectivity index (χ1) is 8.13. The number of aryl methyl sites for hydroxylation is 1. The zero-order valence-electron chi connectivity index (χ0n) is 9.39. The molecule has 1 rings (SSSR count). The maximum Gasteiger partial charge on any atom is 0.335 e. The minimum atomic E-state index is -0.934. The lowest BCUT2D eigenvalue weighted by Gasteiger charge is -2.03. The molecule has 0 aliphatic rings. The highest BCUT2D eigenvalue weighted by molar-refractivity contribution is 5.87. The Hall–Kier alpha value is -2.10. The van der Waals surface area contributed by atoms with Crippen molar-refractivity contribution in [1.82, 2.24) is 0 Å². The van der Waals surface area contributed by atoms with E-state index in [1.807, 2.05) is 0 Å². The lowest BCUT2D eigenvalue weighted by molar-refractivity contribution is -0.137. The lowest BCUT2D eigenvalue weighted by atomic mass is 10.1. The second-order valence-electron chi connectivity index (χ2n) is 3.48. The summed E-state index contributed by atoms with van der Waals surface area (Å²) in [4.78, 5) is 21.4. The van der Waals surface area contributed by atoms with E-state index in [1.54, 1.807) is 24.3 Å². The average Bonchev–Trinajstić information content (AvgIpc) is 2.34. The molecule has 0 spiro atoms. The van der Waals surface area contributed by atoms with Crippen LogP contribution in [-0.2, 0) is 16.0 Å². The van der Waals surface area contributed by atoms with E-state index in [0.717, 1.165) is 18.1 Å². The first kappa shape index (κ1) is 13.0. The number of carbonyl (C=O) groups excluding carboxylic acids is 1. The number of carboxylic acids is 1. The van der Waals surface area contributed by atoms with Crippen LogP contribution in [0, 0.1) is 0 Å². The number of hydrogen-bond donors (Lipinski definition) is 1. The van der Waals surface area contributed by atoms with Gasteiger partial charge in [0.1, 0.15) is 0 Å². The molecular formula is C13H14O4. The standard InChI is InChI=1S/C13H14O4/c1-2-12(14)17-9-3-4-10-5-7-11(8-6-10)13(15)16/h2,5-8H,1,3-4,9H2,(H,15,16). The number of rotatable bonds is 6. The van der Waals surface area contributed by atoms with Crippen molar-refractivity contribution in [2.75, 3.05) is 6.61 Å². The lowest BCUT2D eigenvalue weighted by Crippen LogP contribution is -2.03. The van der Waals surface area contributed by atoms with Gasteiger partial charge in [0.05, 0.1) is 12.2 Å². The van der Waals surface area contributed by atoms with Gasteiger partial charge in [-0.05, 0) is 30.5 Å². The van der Waals surface area contributed by atoms with E-state index < -0.39 is 11.9 Å². The second-order valence-corrected chi connectivity index (χ2v) is 3.48.